The van der Waals surface area contributed by atoms with Gasteiger partial charge in [-0.2, -0.15) is 0 Å². The number of ether oxygens (including phenoxy) is 3. The Bertz CT molecular complexity index is 1800. The van der Waals surface area contributed by atoms with Gasteiger partial charge >= 0.3 is 25.7 Å². The zero-order valence-corrected chi connectivity index (χ0v) is 46.6. The summed E-state index contributed by atoms with van der Waals surface area (Å²) >= 11 is 0. The number of unbranched alkanes of at least 4 members (excludes halogenated alkanes) is 8. The Hall–Kier alpha value is -4.64. The molecule has 0 bridgehead atoms. The first-order valence-electron chi connectivity index (χ1n) is 27.7. The molecule has 12 heteroatoms. The summed E-state index contributed by atoms with van der Waals surface area (Å²) in [6.45, 7) is 4.17. The summed E-state index contributed by atoms with van der Waals surface area (Å²) in [5.41, 5.74) is 0. The fourth-order valence-corrected chi connectivity index (χ4v) is 7.36. The number of allylic oxidation sites excluding steroid dienone is 24. The maximum absolute atomic E-state index is 12.9. The number of phosphoric ester groups is 1. The Kier molecular flexibility index (Phi) is 51.2. The molecule has 0 rings (SSSR count). The number of carbonyl (C=O) groups excluding carboxylic acids is 3. The average Bonchev–Trinajstić information content (AvgIpc) is 3.39. The van der Waals surface area contributed by atoms with Crippen LogP contribution >= 0.6 is 7.82 Å². The van der Waals surface area contributed by atoms with Crippen molar-refractivity contribution in [3.63, 3.8) is 0 Å². The van der Waals surface area contributed by atoms with Crippen molar-refractivity contribution >= 4 is 25.7 Å². The Balaban J connectivity index is 4.90. The van der Waals surface area contributed by atoms with Crippen LogP contribution in [-0.2, 0) is 42.2 Å². The fraction of sp³-hybridized carbons (Fsp3) is 0.565. The molecular formula is C62H97O11P. The van der Waals surface area contributed by atoms with E-state index in [9.17, 15) is 28.9 Å². The van der Waals surface area contributed by atoms with Gasteiger partial charge in [0.05, 0.1) is 19.8 Å². The first kappa shape index (κ1) is 69.4. The first-order valence-corrected chi connectivity index (χ1v) is 29.2. The summed E-state index contributed by atoms with van der Waals surface area (Å²) in [7, 11) is -4.79. The van der Waals surface area contributed by atoms with Gasteiger partial charge in [0.25, 0.3) is 0 Å². The van der Waals surface area contributed by atoms with Crippen molar-refractivity contribution in [2.75, 3.05) is 26.4 Å². The summed E-state index contributed by atoms with van der Waals surface area (Å²) < 4.78 is 39.3. The normalized spacial score (nSPS) is 14.5. The lowest BCUT2D eigenvalue weighted by atomic mass is 10.1. The van der Waals surface area contributed by atoms with E-state index < -0.39 is 57.8 Å². The van der Waals surface area contributed by atoms with Crippen molar-refractivity contribution in [3.05, 3.63) is 146 Å². The molecule has 0 aliphatic heterocycles. The zero-order chi connectivity index (χ0) is 54.1. The highest BCUT2D eigenvalue weighted by Gasteiger charge is 2.28. The molecule has 0 aromatic carbocycles. The van der Waals surface area contributed by atoms with Crippen LogP contribution in [0, 0.1) is 0 Å². The number of phosphoric acid groups is 1. The molecule has 0 saturated carbocycles. The number of hydrogen-bond acceptors (Lipinski definition) is 10. The van der Waals surface area contributed by atoms with E-state index in [1.807, 2.05) is 24.3 Å². The Labute approximate surface area is 448 Å². The van der Waals surface area contributed by atoms with Gasteiger partial charge in [-0.3, -0.25) is 23.4 Å². The zero-order valence-electron chi connectivity index (χ0n) is 45.7. The Morgan fingerprint density at radius 2 is 0.716 bits per heavy atom. The van der Waals surface area contributed by atoms with E-state index >= 15 is 0 Å². The van der Waals surface area contributed by atoms with E-state index in [2.05, 4.69) is 142 Å². The first-order chi connectivity index (χ1) is 36.2. The predicted molar refractivity (Wildman–Crippen MR) is 306 cm³/mol. The monoisotopic (exact) mass is 1050 g/mol. The van der Waals surface area contributed by atoms with Crippen molar-refractivity contribution in [1.29, 1.82) is 0 Å². The minimum absolute atomic E-state index is 0.0731. The van der Waals surface area contributed by atoms with E-state index in [0.717, 1.165) is 116 Å². The molecule has 74 heavy (non-hydrogen) atoms. The lowest BCUT2D eigenvalue weighted by Crippen LogP contribution is -2.30. The van der Waals surface area contributed by atoms with E-state index in [1.54, 1.807) is 0 Å². The van der Waals surface area contributed by atoms with Gasteiger partial charge in [0.1, 0.15) is 12.7 Å². The van der Waals surface area contributed by atoms with Crippen LogP contribution < -0.4 is 0 Å². The second kappa shape index (κ2) is 54.6. The molecule has 0 fully saturated rings. The third-order valence-corrected chi connectivity index (χ3v) is 11.7. The van der Waals surface area contributed by atoms with Crippen molar-refractivity contribution in [1.82, 2.24) is 0 Å². The number of aliphatic hydroxyl groups is 1. The maximum atomic E-state index is 12.9. The van der Waals surface area contributed by atoms with Gasteiger partial charge in [0.15, 0.2) is 6.10 Å². The van der Waals surface area contributed by atoms with Crippen LogP contribution in [0.15, 0.2) is 146 Å². The second-order valence-electron chi connectivity index (χ2n) is 17.6. The van der Waals surface area contributed by atoms with E-state index in [1.165, 1.54) is 0 Å². The van der Waals surface area contributed by atoms with Crippen molar-refractivity contribution < 1.29 is 52.2 Å². The SMILES string of the molecule is CC/C=C\C/C=C\C/C=C\C/C=C\C/C=C\CCCC(=O)OC(CO)COP(=O)(O)OCC(COC(=O)CCCCCCC/C=C\C/C=C\CCC)OC(=O)CCC/C=C\C/C=C\C/C=C\C/C=C\C/C=C\CC. The molecule has 11 nitrogen and oxygen atoms in total. The number of rotatable bonds is 49. The molecule has 0 aliphatic carbocycles. The third-order valence-electron chi connectivity index (χ3n) is 10.7. The molecule has 0 aliphatic rings. The highest BCUT2D eigenvalue weighted by Crippen LogP contribution is 2.43. The van der Waals surface area contributed by atoms with Gasteiger partial charge in [-0.15, -0.1) is 0 Å². The van der Waals surface area contributed by atoms with Gasteiger partial charge in [-0.1, -0.05) is 192 Å². The van der Waals surface area contributed by atoms with Crippen LogP contribution in [0.5, 0.6) is 0 Å². The van der Waals surface area contributed by atoms with Crippen LogP contribution in [0.2, 0.25) is 0 Å². The smallest absolute Gasteiger partial charge is 0.462 e. The number of esters is 3. The molecule has 0 radical (unpaired) electrons. The predicted octanol–water partition coefficient (Wildman–Crippen LogP) is 16.4. The number of hydrogen-bond donors (Lipinski definition) is 2. The van der Waals surface area contributed by atoms with Gasteiger partial charge in [-0.05, 0) is 122 Å². The van der Waals surface area contributed by atoms with Gasteiger partial charge in [0, 0.05) is 19.3 Å². The third kappa shape index (κ3) is 52.2. The second-order valence-corrected chi connectivity index (χ2v) is 19.1. The molecule has 0 amide bonds. The highest BCUT2D eigenvalue weighted by molar-refractivity contribution is 7.47. The summed E-state index contributed by atoms with van der Waals surface area (Å²) in [6, 6.07) is 0. The minimum atomic E-state index is -4.79. The van der Waals surface area contributed by atoms with Crippen molar-refractivity contribution in [2.24, 2.45) is 0 Å². The topological polar surface area (TPSA) is 155 Å². The molecule has 0 spiro atoms. The molecule has 3 atom stereocenters. The standard InChI is InChI=1S/C62H97O11P/c1-4-7-10-13-16-19-22-25-27-29-31-34-37-40-43-46-49-52-61(65)72-58(54-63)56-70-74(67,68)71-57-59(55-69-60(64)51-48-45-42-39-36-33-24-21-18-15-12-9-6-3)73-62(66)53-50-47-44-41-38-35-32-30-28-26-23-20-17-14-11-8-5-2/h7-8,10-12,15-17,19-21,24-28,31-32,34-35,40-41,43-44,58-59,63H,4-6,9,13-14,18,22-23,29-30,33,36-39,42,45-57H2,1-3H3,(H,67,68)/b10-7-,11-8-,15-12-,19-16-,20-17-,24-21-,27-25-,28-26-,34-31-,35-32-,43-40-,44-41-. The van der Waals surface area contributed by atoms with E-state index in [-0.39, 0.29) is 25.9 Å². The summed E-state index contributed by atoms with van der Waals surface area (Å²) in [5, 5.41) is 9.80. The van der Waals surface area contributed by atoms with Crippen molar-refractivity contribution in [2.45, 2.75) is 200 Å². The number of aliphatic hydroxyl groups excluding tert-OH is 1. The van der Waals surface area contributed by atoms with Gasteiger partial charge in [-0.25, -0.2) is 4.57 Å². The summed E-state index contributed by atoms with van der Waals surface area (Å²) in [5.74, 6) is -1.64. The quantitative estimate of drug-likeness (QED) is 0.0197. The molecule has 2 N–H and O–H groups in total. The lowest BCUT2D eigenvalue weighted by Gasteiger charge is -2.21. The summed E-state index contributed by atoms with van der Waals surface area (Å²) in [6.07, 6.45) is 69.7. The highest BCUT2D eigenvalue weighted by atomic mass is 31.2. The Morgan fingerprint density at radius 1 is 0.392 bits per heavy atom. The Morgan fingerprint density at radius 3 is 1.12 bits per heavy atom. The molecule has 416 valence electrons. The van der Waals surface area contributed by atoms with Gasteiger partial charge in [0.2, 0.25) is 0 Å². The van der Waals surface area contributed by atoms with E-state index in [0.29, 0.717) is 32.1 Å². The summed E-state index contributed by atoms with van der Waals surface area (Å²) in [4.78, 5) is 48.4. The largest absolute Gasteiger partial charge is 0.472 e. The van der Waals surface area contributed by atoms with Crippen LogP contribution in [-0.4, -0.2) is 66.5 Å². The molecule has 3 unspecified atom stereocenters. The molecular weight excluding hydrogens is 952 g/mol. The average molecular weight is 1050 g/mol. The molecule has 0 heterocycles. The minimum Gasteiger partial charge on any atom is -0.462 e. The maximum Gasteiger partial charge on any atom is 0.472 e. The lowest BCUT2D eigenvalue weighted by molar-refractivity contribution is -0.161. The van der Waals surface area contributed by atoms with Crippen LogP contribution in [0.3, 0.4) is 0 Å². The molecule has 0 aromatic rings. The van der Waals surface area contributed by atoms with Crippen LogP contribution in [0.25, 0.3) is 0 Å². The molecule has 0 saturated heterocycles. The van der Waals surface area contributed by atoms with Crippen LogP contribution in [0.4, 0.5) is 0 Å². The fourth-order valence-electron chi connectivity index (χ4n) is 6.58. The molecule has 0 aromatic heterocycles. The van der Waals surface area contributed by atoms with Crippen molar-refractivity contribution in [3.8, 4) is 0 Å². The van der Waals surface area contributed by atoms with Gasteiger partial charge < -0.3 is 24.2 Å². The number of carbonyl (C=O) groups is 3. The van der Waals surface area contributed by atoms with E-state index in [4.69, 9.17) is 23.3 Å². The van der Waals surface area contributed by atoms with Crippen LogP contribution in [0.1, 0.15) is 188 Å².